The van der Waals surface area contributed by atoms with Gasteiger partial charge in [-0.3, -0.25) is 14.4 Å². The first-order chi connectivity index (χ1) is 20.1. The molecule has 12 heteroatoms. The molecule has 3 saturated heterocycles. The van der Waals surface area contributed by atoms with Gasteiger partial charge in [-0.25, -0.2) is 14.8 Å². The Kier molecular flexibility index (Phi) is 8.79. The van der Waals surface area contributed by atoms with Crippen LogP contribution in [0.15, 0.2) is 24.5 Å². The van der Waals surface area contributed by atoms with Gasteiger partial charge in [0.15, 0.2) is 0 Å². The fourth-order valence-corrected chi connectivity index (χ4v) is 6.48. The predicted octanol–water partition coefficient (Wildman–Crippen LogP) is 2.11. The van der Waals surface area contributed by atoms with Gasteiger partial charge in [-0.1, -0.05) is 17.7 Å². The minimum Gasteiger partial charge on any atom is -0.462 e. The Morgan fingerprint density at radius 2 is 1.60 bits per heavy atom. The molecule has 2 unspecified atom stereocenters. The number of carbonyl (C=O) groups excluding carboxylic acids is 4. The third kappa shape index (κ3) is 5.98. The highest BCUT2D eigenvalue weighted by Crippen LogP contribution is 2.33. The first-order valence-electron chi connectivity index (χ1n) is 14.3. The number of hydrogen-bond donors (Lipinski definition) is 0. The molecule has 0 N–H and O–H groups in total. The quantitative estimate of drug-likeness (QED) is 0.353. The number of likely N-dealkylation sites (tertiary alicyclic amines) is 3. The fourth-order valence-electron chi connectivity index (χ4n) is 6.31. The molecule has 0 saturated carbocycles. The van der Waals surface area contributed by atoms with Crippen LogP contribution in [0.2, 0.25) is 5.02 Å². The molecule has 0 spiro atoms. The summed E-state index contributed by atoms with van der Waals surface area (Å²) >= 11 is 6.40. The van der Waals surface area contributed by atoms with Crippen molar-refractivity contribution in [2.75, 3.05) is 64.4 Å². The van der Waals surface area contributed by atoms with Crippen molar-refractivity contribution in [3.05, 3.63) is 52.1 Å². The average Bonchev–Trinajstić information content (AvgIpc) is 3.50. The van der Waals surface area contributed by atoms with Gasteiger partial charge in [0.1, 0.15) is 6.33 Å². The Labute approximate surface area is 250 Å². The van der Waals surface area contributed by atoms with Crippen molar-refractivity contribution < 1.29 is 23.9 Å². The molecule has 1 aromatic carbocycles. The molecule has 3 fully saturated rings. The highest BCUT2D eigenvalue weighted by Gasteiger charge is 2.43. The maximum Gasteiger partial charge on any atom is 0.396 e. The highest BCUT2D eigenvalue weighted by molar-refractivity contribution is 6.32. The molecule has 3 aliphatic heterocycles. The van der Waals surface area contributed by atoms with E-state index in [9.17, 15) is 19.2 Å². The van der Waals surface area contributed by atoms with Gasteiger partial charge in [-0.15, -0.1) is 0 Å². The maximum atomic E-state index is 13.5. The van der Waals surface area contributed by atoms with Gasteiger partial charge in [0, 0.05) is 56.5 Å². The topological polar surface area (TPSA) is 116 Å². The summed E-state index contributed by atoms with van der Waals surface area (Å²) in [4.78, 5) is 66.3. The number of aromatic nitrogens is 2. The Morgan fingerprint density at radius 1 is 0.952 bits per heavy atom. The van der Waals surface area contributed by atoms with Crippen LogP contribution >= 0.6 is 11.6 Å². The van der Waals surface area contributed by atoms with Gasteiger partial charge in [0.25, 0.3) is 5.91 Å². The van der Waals surface area contributed by atoms with Crippen LogP contribution in [0.4, 0.5) is 5.69 Å². The van der Waals surface area contributed by atoms with E-state index in [1.54, 1.807) is 11.0 Å². The number of rotatable bonds is 7. The summed E-state index contributed by atoms with van der Waals surface area (Å²) in [5.74, 6) is -1.29. The Bertz CT molecular complexity index is 1360. The van der Waals surface area contributed by atoms with Gasteiger partial charge < -0.3 is 24.3 Å². The SMILES string of the molecule is COC(=O)C(=O)N1CC(C(=O)N(CCCN2CC3CN(C(=O)c4c(C)ncnc4C)CC3C2)c2ccc(C)c(Cl)c2)C1. The molecule has 1 aromatic heterocycles. The van der Waals surface area contributed by atoms with Gasteiger partial charge in [-0.05, 0) is 63.3 Å². The number of amides is 3. The molecule has 4 heterocycles. The van der Waals surface area contributed by atoms with Gasteiger partial charge in [-0.2, -0.15) is 0 Å². The lowest BCUT2D eigenvalue weighted by atomic mass is 9.97. The third-order valence-electron chi connectivity index (χ3n) is 8.76. The number of benzene rings is 1. The normalized spacial score (nSPS) is 20.3. The van der Waals surface area contributed by atoms with Crippen LogP contribution in [0.1, 0.15) is 33.7 Å². The lowest BCUT2D eigenvalue weighted by Crippen LogP contribution is -2.58. The number of halogens is 1. The van der Waals surface area contributed by atoms with Crippen molar-refractivity contribution in [2.45, 2.75) is 27.2 Å². The Balaban J connectivity index is 1.16. The number of methoxy groups -OCH3 is 1. The number of anilines is 1. The van der Waals surface area contributed by atoms with E-state index < -0.39 is 17.8 Å². The van der Waals surface area contributed by atoms with Crippen LogP contribution in [0.3, 0.4) is 0 Å². The standard InChI is InChI=1S/C30H37ClN6O5/c1-18-6-7-24(10-25(18)31)37(27(38)23-15-36(16-23)29(40)30(41)42-4)9-5-8-34-11-21-13-35(14-22(21)12-34)28(39)26-19(2)32-17-33-20(26)3/h6-7,10,17,21-23H,5,8-9,11-16H2,1-4H3. The van der Waals surface area contributed by atoms with Crippen LogP contribution in [0.25, 0.3) is 0 Å². The molecule has 0 bridgehead atoms. The van der Waals surface area contributed by atoms with Crippen molar-refractivity contribution in [3.63, 3.8) is 0 Å². The molecule has 5 rings (SSSR count). The van der Waals surface area contributed by atoms with Crippen LogP contribution < -0.4 is 4.90 Å². The zero-order valence-corrected chi connectivity index (χ0v) is 25.3. The van der Waals surface area contributed by atoms with Gasteiger partial charge >= 0.3 is 11.9 Å². The lowest BCUT2D eigenvalue weighted by molar-refractivity contribution is -0.162. The average molecular weight is 597 g/mol. The number of aryl methyl sites for hydroxylation is 3. The maximum absolute atomic E-state index is 13.5. The molecule has 224 valence electrons. The molecule has 2 aromatic rings. The lowest BCUT2D eigenvalue weighted by Gasteiger charge is -2.40. The second kappa shape index (κ2) is 12.3. The van der Waals surface area contributed by atoms with E-state index in [1.165, 1.54) is 11.2 Å². The summed E-state index contributed by atoms with van der Waals surface area (Å²) < 4.78 is 4.51. The molecule has 0 radical (unpaired) electrons. The molecular formula is C30H37ClN6O5. The van der Waals surface area contributed by atoms with E-state index in [1.807, 2.05) is 37.8 Å². The van der Waals surface area contributed by atoms with Gasteiger partial charge in [0.05, 0.1) is 30.0 Å². The summed E-state index contributed by atoms with van der Waals surface area (Å²) in [6.07, 6.45) is 2.25. The molecule has 42 heavy (non-hydrogen) atoms. The predicted molar refractivity (Wildman–Crippen MR) is 156 cm³/mol. The van der Waals surface area contributed by atoms with E-state index in [4.69, 9.17) is 11.6 Å². The van der Waals surface area contributed by atoms with E-state index >= 15 is 0 Å². The summed E-state index contributed by atoms with van der Waals surface area (Å²) in [6, 6.07) is 5.59. The first-order valence-corrected chi connectivity index (χ1v) is 14.7. The van der Waals surface area contributed by atoms with Crippen molar-refractivity contribution in [1.82, 2.24) is 24.7 Å². The number of fused-ring (bicyclic) bond motifs is 1. The summed E-state index contributed by atoms with van der Waals surface area (Å²) in [6.45, 7) is 10.6. The molecule has 11 nitrogen and oxygen atoms in total. The van der Waals surface area contributed by atoms with Crippen LogP contribution in [-0.2, 0) is 19.1 Å². The minimum absolute atomic E-state index is 0.0142. The van der Waals surface area contributed by atoms with Crippen LogP contribution in [0.5, 0.6) is 0 Å². The smallest absolute Gasteiger partial charge is 0.396 e. The number of hydrogen-bond acceptors (Lipinski definition) is 8. The number of ether oxygens (including phenoxy) is 1. The van der Waals surface area contributed by atoms with Crippen LogP contribution in [0, 0.1) is 38.5 Å². The summed E-state index contributed by atoms with van der Waals surface area (Å²) in [7, 11) is 1.16. The zero-order chi connectivity index (χ0) is 30.1. The summed E-state index contributed by atoms with van der Waals surface area (Å²) in [5.41, 5.74) is 3.68. The third-order valence-corrected chi connectivity index (χ3v) is 9.16. The monoisotopic (exact) mass is 596 g/mol. The molecule has 2 atom stereocenters. The van der Waals surface area contributed by atoms with E-state index in [0.717, 1.165) is 57.5 Å². The first kappa shape index (κ1) is 29.9. The van der Waals surface area contributed by atoms with Crippen molar-refractivity contribution >= 4 is 41.0 Å². The van der Waals surface area contributed by atoms with E-state index in [2.05, 4.69) is 19.6 Å². The van der Waals surface area contributed by atoms with E-state index in [0.29, 0.717) is 40.4 Å². The minimum atomic E-state index is -0.926. The van der Waals surface area contributed by atoms with Crippen molar-refractivity contribution in [1.29, 1.82) is 0 Å². The van der Waals surface area contributed by atoms with Gasteiger partial charge in [0.2, 0.25) is 5.91 Å². The second-order valence-electron chi connectivity index (χ2n) is 11.6. The zero-order valence-electron chi connectivity index (χ0n) is 24.5. The van der Waals surface area contributed by atoms with Crippen LogP contribution in [-0.4, -0.2) is 108 Å². The van der Waals surface area contributed by atoms with Crippen molar-refractivity contribution in [2.24, 2.45) is 17.8 Å². The molecule has 0 aliphatic carbocycles. The Morgan fingerprint density at radius 3 is 2.19 bits per heavy atom. The van der Waals surface area contributed by atoms with E-state index in [-0.39, 0.29) is 24.9 Å². The molecule has 3 amide bonds. The van der Waals surface area contributed by atoms with Crippen molar-refractivity contribution in [3.8, 4) is 0 Å². The largest absolute Gasteiger partial charge is 0.462 e. The highest BCUT2D eigenvalue weighted by atomic mass is 35.5. The summed E-state index contributed by atoms with van der Waals surface area (Å²) in [5, 5.41) is 0.584. The number of carbonyl (C=O) groups is 4. The second-order valence-corrected chi connectivity index (χ2v) is 12.0. The number of nitrogens with zero attached hydrogens (tertiary/aromatic N) is 6. The fraction of sp³-hybridized carbons (Fsp3) is 0.533. The number of esters is 1. The molecular weight excluding hydrogens is 560 g/mol. The molecule has 3 aliphatic rings. The Hall–Kier alpha value is -3.57.